The molecule has 2 N–H and O–H groups in total. The van der Waals surface area contributed by atoms with Gasteiger partial charge in [0.2, 0.25) is 0 Å². The largest absolute Gasteiger partial charge is 0.480 e. The Morgan fingerprint density at radius 2 is 2.28 bits per heavy atom. The van der Waals surface area contributed by atoms with Gasteiger partial charge in [0.15, 0.2) is 0 Å². The summed E-state index contributed by atoms with van der Waals surface area (Å²) in [5.74, 6) is -1.65. The van der Waals surface area contributed by atoms with Crippen molar-refractivity contribution in [1.82, 2.24) is 10.3 Å². The minimum atomic E-state index is -1.10. The molecule has 0 bridgehead atoms. The van der Waals surface area contributed by atoms with Crippen LogP contribution in [-0.4, -0.2) is 40.0 Å². The van der Waals surface area contributed by atoms with Crippen molar-refractivity contribution >= 4 is 23.6 Å². The Kier molecular flexibility index (Phi) is 5.57. The van der Waals surface area contributed by atoms with Crippen molar-refractivity contribution in [2.24, 2.45) is 0 Å². The maximum absolute atomic E-state index is 12.6. The van der Waals surface area contributed by atoms with E-state index in [4.69, 9.17) is 5.11 Å². The molecule has 0 spiro atoms. The van der Waals surface area contributed by atoms with Gasteiger partial charge in [0, 0.05) is 0 Å². The number of amides is 1. The summed E-state index contributed by atoms with van der Waals surface area (Å²) < 4.78 is 12.6. The molecule has 0 radical (unpaired) electrons. The zero-order valence-corrected chi connectivity index (χ0v) is 10.5. The maximum Gasteiger partial charge on any atom is 0.326 e. The summed E-state index contributed by atoms with van der Waals surface area (Å²) >= 11 is 1.49. The number of rotatable bonds is 6. The number of carbonyl (C=O) groups excluding carboxylic acids is 1. The zero-order valence-electron chi connectivity index (χ0n) is 9.72. The van der Waals surface area contributed by atoms with Crippen molar-refractivity contribution in [2.75, 3.05) is 12.0 Å². The van der Waals surface area contributed by atoms with E-state index in [2.05, 4.69) is 10.3 Å². The van der Waals surface area contributed by atoms with Crippen LogP contribution >= 0.6 is 11.8 Å². The Bertz CT molecular complexity index is 425. The van der Waals surface area contributed by atoms with Gasteiger partial charge in [-0.25, -0.2) is 14.2 Å². The van der Waals surface area contributed by atoms with Gasteiger partial charge < -0.3 is 10.4 Å². The van der Waals surface area contributed by atoms with Gasteiger partial charge in [0.25, 0.3) is 5.91 Å². The molecule has 98 valence electrons. The Hall–Kier alpha value is -1.63. The number of nitrogens with zero attached hydrogens (tertiary/aromatic N) is 1. The summed E-state index contributed by atoms with van der Waals surface area (Å²) in [6.45, 7) is 0. The molecule has 0 aliphatic rings. The van der Waals surface area contributed by atoms with Crippen molar-refractivity contribution in [1.29, 1.82) is 0 Å². The molecule has 0 saturated carbocycles. The highest BCUT2D eigenvalue weighted by atomic mass is 32.2. The third kappa shape index (κ3) is 4.33. The van der Waals surface area contributed by atoms with Crippen molar-refractivity contribution < 1.29 is 19.1 Å². The second-order valence-corrected chi connectivity index (χ2v) is 4.49. The number of hydrogen-bond donors (Lipinski definition) is 2. The SMILES string of the molecule is CSCC[C@H](NC(=O)c1ccc(F)cn1)C(=O)O. The average molecular weight is 272 g/mol. The third-order valence-corrected chi connectivity index (χ3v) is 2.82. The summed E-state index contributed by atoms with van der Waals surface area (Å²) in [7, 11) is 0. The molecule has 1 heterocycles. The molecule has 5 nitrogen and oxygen atoms in total. The number of thioether (sulfide) groups is 1. The van der Waals surface area contributed by atoms with Gasteiger partial charge in [-0.15, -0.1) is 0 Å². The first kappa shape index (κ1) is 14.4. The van der Waals surface area contributed by atoms with Crippen LogP contribution in [0.3, 0.4) is 0 Å². The van der Waals surface area contributed by atoms with Gasteiger partial charge in [0.05, 0.1) is 6.20 Å². The van der Waals surface area contributed by atoms with Crippen LogP contribution in [0.5, 0.6) is 0 Å². The van der Waals surface area contributed by atoms with Gasteiger partial charge >= 0.3 is 5.97 Å². The minimum Gasteiger partial charge on any atom is -0.480 e. The number of halogens is 1. The molecule has 0 saturated heterocycles. The van der Waals surface area contributed by atoms with E-state index in [0.717, 1.165) is 12.3 Å². The summed E-state index contributed by atoms with van der Waals surface area (Å²) in [4.78, 5) is 26.2. The lowest BCUT2D eigenvalue weighted by Gasteiger charge is -2.13. The second kappa shape index (κ2) is 6.95. The lowest BCUT2D eigenvalue weighted by molar-refractivity contribution is -0.139. The van der Waals surface area contributed by atoms with Crippen LogP contribution in [0.2, 0.25) is 0 Å². The van der Waals surface area contributed by atoms with Gasteiger partial charge in [-0.1, -0.05) is 0 Å². The van der Waals surface area contributed by atoms with E-state index in [1.807, 2.05) is 6.26 Å². The number of pyridine rings is 1. The highest BCUT2D eigenvalue weighted by molar-refractivity contribution is 7.98. The predicted octanol–water partition coefficient (Wildman–Crippen LogP) is 1.16. The normalized spacial score (nSPS) is 11.9. The van der Waals surface area contributed by atoms with Crippen LogP contribution in [-0.2, 0) is 4.79 Å². The van der Waals surface area contributed by atoms with E-state index in [1.54, 1.807) is 0 Å². The van der Waals surface area contributed by atoms with E-state index in [9.17, 15) is 14.0 Å². The van der Waals surface area contributed by atoms with Crippen molar-refractivity contribution in [3.05, 3.63) is 29.8 Å². The van der Waals surface area contributed by atoms with Gasteiger partial charge in [-0.05, 0) is 30.6 Å². The van der Waals surface area contributed by atoms with E-state index >= 15 is 0 Å². The summed E-state index contributed by atoms with van der Waals surface area (Å²) in [5.41, 5.74) is -0.00759. The van der Waals surface area contributed by atoms with Crippen LogP contribution in [0.1, 0.15) is 16.9 Å². The third-order valence-electron chi connectivity index (χ3n) is 2.17. The number of aliphatic carboxylic acids is 1. The molecule has 1 aromatic heterocycles. The Morgan fingerprint density at radius 3 is 2.78 bits per heavy atom. The van der Waals surface area contributed by atoms with Crippen LogP contribution in [0.15, 0.2) is 18.3 Å². The fourth-order valence-corrected chi connectivity index (χ4v) is 1.71. The number of nitrogens with one attached hydrogen (secondary N) is 1. The topological polar surface area (TPSA) is 79.3 Å². The Balaban J connectivity index is 2.66. The predicted molar refractivity (Wildman–Crippen MR) is 66.1 cm³/mol. The van der Waals surface area contributed by atoms with Gasteiger partial charge in [-0.2, -0.15) is 11.8 Å². The summed E-state index contributed by atoms with van der Waals surface area (Å²) in [6, 6.07) is 1.34. The fraction of sp³-hybridized carbons (Fsp3) is 0.364. The molecule has 0 fully saturated rings. The first-order valence-corrected chi connectivity index (χ1v) is 6.58. The van der Waals surface area contributed by atoms with Crippen LogP contribution in [0, 0.1) is 5.82 Å². The molecule has 0 unspecified atom stereocenters. The highest BCUT2D eigenvalue weighted by Crippen LogP contribution is 2.03. The lowest BCUT2D eigenvalue weighted by Crippen LogP contribution is -2.41. The monoisotopic (exact) mass is 272 g/mol. The molecule has 0 aromatic carbocycles. The number of carboxylic acids is 1. The number of carboxylic acid groups (broad SMARTS) is 1. The standard InChI is InChI=1S/C11H13FN2O3S/c1-18-5-4-9(11(16)17)14-10(15)8-3-2-7(12)6-13-8/h2-3,6,9H,4-5H2,1H3,(H,14,15)(H,16,17)/t9-/m0/s1. The van der Waals surface area contributed by atoms with E-state index in [-0.39, 0.29) is 5.69 Å². The molecule has 18 heavy (non-hydrogen) atoms. The minimum absolute atomic E-state index is 0.00759. The smallest absolute Gasteiger partial charge is 0.326 e. The van der Waals surface area contributed by atoms with Gasteiger partial charge in [-0.3, -0.25) is 4.79 Å². The molecular formula is C11H13FN2O3S. The second-order valence-electron chi connectivity index (χ2n) is 3.51. The maximum atomic E-state index is 12.6. The molecule has 1 rings (SSSR count). The van der Waals surface area contributed by atoms with Crippen LogP contribution in [0.25, 0.3) is 0 Å². The number of aromatic nitrogens is 1. The number of carbonyl (C=O) groups is 2. The molecule has 0 aliphatic carbocycles. The average Bonchev–Trinajstić information content (AvgIpc) is 2.34. The summed E-state index contributed by atoms with van der Waals surface area (Å²) in [5, 5.41) is 11.3. The fourth-order valence-electron chi connectivity index (χ4n) is 1.24. The quantitative estimate of drug-likeness (QED) is 0.812. The Morgan fingerprint density at radius 1 is 1.56 bits per heavy atom. The molecule has 1 aromatic rings. The first-order chi connectivity index (χ1) is 8.54. The molecule has 0 aliphatic heterocycles. The molecule has 1 amide bonds. The zero-order chi connectivity index (χ0) is 13.5. The van der Waals surface area contributed by atoms with Crippen LogP contribution in [0.4, 0.5) is 4.39 Å². The van der Waals surface area contributed by atoms with E-state index in [1.165, 1.54) is 17.8 Å². The van der Waals surface area contributed by atoms with Crippen LogP contribution < -0.4 is 5.32 Å². The van der Waals surface area contributed by atoms with Crippen molar-refractivity contribution in [3.63, 3.8) is 0 Å². The molecular weight excluding hydrogens is 259 g/mol. The van der Waals surface area contributed by atoms with E-state index < -0.39 is 23.7 Å². The van der Waals surface area contributed by atoms with Gasteiger partial charge in [0.1, 0.15) is 17.6 Å². The van der Waals surface area contributed by atoms with E-state index in [0.29, 0.717) is 12.2 Å². The van der Waals surface area contributed by atoms with Crippen molar-refractivity contribution in [3.8, 4) is 0 Å². The van der Waals surface area contributed by atoms with Crippen molar-refractivity contribution in [2.45, 2.75) is 12.5 Å². The first-order valence-electron chi connectivity index (χ1n) is 5.18. The molecule has 1 atom stereocenters. The Labute approximate surface area is 108 Å². The number of hydrogen-bond acceptors (Lipinski definition) is 4. The highest BCUT2D eigenvalue weighted by Gasteiger charge is 2.20. The molecule has 7 heteroatoms. The summed E-state index contributed by atoms with van der Waals surface area (Å²) in [6.07, 6.45) is 3.08. The lowest BCUT2D eigenvalue weighted by atomic mass is 10.2.